The fraction of sp³-hybridized carbons (Fsp3) is 1.00. The van der Waals surface area contributed by atoms with Crippen LogP contribution in [0.5, 0.6) is 0 Å². The van der Waals surface area contributed by atoms with Crippen LogP contribution in [-0.4, -0.2) is 36.6 Å². The first kappa shape index (κ1) is 15.0. The van der Waals surface area contributed by atoms with E-state index in [9.17, 15) is 0 Å². The number of nitrogens with zero attached hydrogens (tertiary/aromatic N) is 1. The highest BCUT2D eigenvalue weighted by Gasteiger charge is 2.19. The van der Waals surface area contributed by atoms with Crippen molar-refractivity contribution in [2.75, 3.05) is 19.6 Å². The van der Waals surface area contributed by atoms with Crippen LogP contribution in [0.2, 0.25) is 0 Å². The van der Waals surface area contributed by atoms with Crippen LogP contribution >= 0.6 is 0 Å². The molecule has 0 saturated carbocycles. The lowest BCUT2D eigenvalue weighted by molar-refractivity contribution is 0.190. The molecule has 0 spiro atoms. The van der Waals surface area contributed by atoms with Crippen LogP contribution < -0.4 is 5.32 Å². The third kappa shape index (κ3) is 6.42. The second kappa shape index (κ2) is 8.10. The molecule has 0 aromatic rings. The molecule has 1 fully saturated rings. The first-order chi connectivity index (χ1) is 8.11. The predicted molar refractivity (Wildman–Crippen MR) is 76.4 cm³/mol. The van der Waals surface area contributed by atoms with Crippen LogP contribution in [0, 0.1) is 5.92 Å². The number of piperidine rings is 1. The normalized spacial score (nSPS) is 21.0. The molecular weight excluding hydrogens is 208 g/mol. The molecule has 17 heavy (non-hydrogen) atoms. The number of hydrogen-bond donors (Lipinski definition) is 1. The SMILES string of the molecule is CCCN1CCC(NC(C)CCC(C)C)CC1. The second-order valence-electron chi connectivity index (χ2n) is 6.15. The molecule has 1 N–H and O–H groups in total. The van der Waals surface area contributed by atoms with E-state index >= 15 is 0 Å². The third-order valence-corrected chi connectivity index (χ3v) is 3.82. The molecule has 1 saturated heterocycles. The largest absolute Gasteiger partial charge is 0.311 e. The van der Waals surface area contributed by atoms with Gasteiger partial charge in [-0.05, 0) is 64.6 Å². The highest BCUT2D eigenvalue weighted by Crippen LogP contribution is 2.13. The first-order valence-electron chi connectivity index (χ1n) is 7.60. The zero-order valence-corrected chi connectivity index (χ0v) is 12.3. The average molecular weight is 240 g/mol. The molecule has 0 aliphatic carbocycles. The van der Waals surface area contributed by atoms with E-state index in [1.165, 1.54) is 51.7 Å². The van der Waals surface area contributed by atoms with E-state index in [1.54, 1.807) is 0 Å². The monoisotopic (exact) mass is 240 g/mol. The molecule has 2 heteroatoms. The standard InChI is InChI=1S/C15H32N2/c1-5-10-17-11-8-15(9-12-17)16-14(4)7-6-13(2)3/h13-16H,5-12H2,1-4H3. The summed E-state index contributed by atoms with van der Waals surface area (Å²) >= 11 is 0. The molecule has 2 nitrogen and oxygen atoms in total. The topological polar surface area (TPSA) is 15.3 Å². The van der Waals surface area contributed by atoms with Gasteiger partial charge in [-0.2, -0.15) is 0 Å². The maximum Gasteiger partial charge on any atom is 0.00938 e. The molecule has 1 atom stereocenters. The Morgan fingerprint density at radius 1 is 1.12 bits per heavy atom. The molecule has 0 bridgehead atoms. The van der Waals surface area contributed by atoms with Crippen LogP contribution in [0.1, 0.15) is 59.8 Å². The quantitative estimate of drug-likeness (QED) is 0.735. The summed E-state index contributed by atoms with van der Waals surface area (Å²) in [7, 11) is 0. The minimum Gasteiger partial charge on any atom is -0.311 e. The van der Waals surface area contributed by atoms with Gasteiger partial charge in [0, 0.05) is 12.1 Å². The van der Waals surface area contributed by atoms with E-state index in [2.05, 4.69) is 37.9 Å². The zero-order chi connectivity index (χ0) is 12.7. The highest BCUT2D eigenvalue weighted by molar-refractivity contribution is 4.79. The minimum absolute atomic E-state index is 0.695. The summed E-state index contributed by atoms with van der Waals surface area (Å²) in [6.45, 7) is 13.1. The lowest BCUT2D eigenvalue weighted by atomic mass is 10.0. The molecular formula is C15H32N2. The minimum atomic E-state index is 0.695. The van der Waals surface area contributed by atoms with Crippen molar-refractivity contribution in [1.29, 1.82) is 0 Å². The lowest BCUT2D eigenvalue weighted by Crippen LogP contribution is -2.45. The Balaban J connectivity index is 2.12. The molecule has 1 aliphatic heterocycles. The van der Waals surface area contributed by atoms with E-state index in [4.69, 9.17) is 0 Å². The molecule has 1 unspecified atom stereocenters. The summed E-state index contributed by atoms with van der Waals surface area (Å²) in [5, 5.41) is 3.81. The maximum absolute atomic E-state index is 3.81. The molecule has 1 rings (SSSR count). The summed E-state index contributed by atoms with van der Waals surface area (Å²) in [6, 6.07) is 1.46. The van der Waals surface area contributed by atoms with Crippen LogP contribution in [-0.2, 0) is 0 Å². The molecule has 102 valence electrons. The summed E-state index contributed by atoms with van der Waals surface area (Å²) in [5.41, 5.74) is 0. The van der Waals surface area contributed by atoms with Gasteiger partial charge >= 0.3 is 0 Å². The number of hydrogen-bond acceptors (Lipinski definition) is 2. The summed E-state index contributed by atoms with van der Waals surface area (Å²) in [6.07, 6.45) is 6.65. The smallest absolute Gasteiger partial charge is 0.00938 e. The van der Waals surface area contributed by atoms with Crippen molar-refractivity contribution in [3.05, 3.63) is 0 Å². The van der Waals surface area contributed by atoms with Crippen molar-refractivity contribution in [2.24, 2.45) is 5.92 Å². The molecule has 0 amide bonds. The summed E-state index contributed by atoms with van der Waals surface area (Å²) < 4.78 is 0. The Hall–Kier alpha value is -0.0800. The third-order valence-electron chi connectivity index (χ3n) is 3.82. The van der Waals surface area contributed by atoms with Gasteiger partial charge in [0.25, 0.3) is 0 Å². The van der Waals surface area contributed by atoms with Crippen molar-refractivity contribution in [3.63, 3.8) is 0 Å². The number of nitrogens with one attached hydrogen (secondary N) is 1. The highest BCUT2D eigenvalue weighted by atomic mass is 15.1. The van der Waals surface area contributed by atoms with Gasteiger partial charge in [-0.15, -0.1) is 0 Å². The fourth-order valence-electron chi connectivity index (χ4n) is 2.71. The molecule has 0 radical (unpaired) electrons. The second-order valence-corrected chi connectivity index (χ2v) is 6.15. The van der Waals surface area contributed by atoms with Crippen LogP contribution in [0.3, 0.4) is 0 Å². The van der Waals surface area contributed by atoms with E-state index in [0.29, 0.717) is 6.04 Å². The fourth-order valence-corrected chi connectivity index (χ4v) is 2.71. The van der Waals surface area contributed by atoms with Gasteiger partial charge in [0.1, 0.15) is 0 Å². The van der Waals surface area contributed by atoms with Crippen LogP contribution in [0.25, 0.3) is 0 Å². The zero-order valence-electron chi connectivity index (χ0n) is 12.3. The Kier molecular flexibility index (Phi) is 7.14. The van der Waals surface area contributed by atoms with Crippen molar-refractivity contribution < 1.29 is 0 Å². The van der Waals surface area contributed by atoms with Gasteiger partial charge < -0.3 is 10.2 Å². The molecule has 0 aromatic carbocycles. The Bertz CT molecular complexity index is 183. The number of likely N-dealkylation sites (tertiary alicyclic amines) is 1. The van der Waals surface area contributed by atoms with E-state index in [-0.39, 0.29) is 0 Å². The van der Waals surface area contributed by atoms with Crippen molar-refractivity contribution in [1.82, 2.24) is 10.2 Å². The van der Waals surface area contributed by atoms with Crippen molar-refractivity contribution in [3.8, 4) is 0 Å². The maximum atomic E-state index is 3.81. The molecule has 0 aromatic heterocycles. The Morgan fingerprint density at radius 2 is 1.76 bits per heavy atom. The predicted octanol–water partition coefficient (Wildman–Crippen LogP) is 3.28. The summed E-state index contributed by atoms with van der Waals surface area (Å²) in [5.74, 6) is 0.839. The van der Waals surface area contributed by atoms with Gasteiger partial charge in [0.2, 0.25) is 0 Å². The van der Waals surface area contributed by atoms with E-state index in [0.717, 1.165) is 12.0 Å². The van der Waals surface area contributed by atoms with Gasteiger partial charge in [-0.3, -0.25) is 0 Å². The van der Waals surface area contributed by atoms with Crippen molar-refractivity contribution >= 4 is 0 Å². The lowest BCUT2D eigenvalue weighted by Gasteiger charge is -2.33. The Labute approximate surface area is 108 Å². The van der Waals surface area contributed by atoms with Gasteiger partial charge in [-0.25, -0.2) is 0 Å². The molecule has 1 heterocycles. The van der Waals surface area contributed by atoms with Crippen LogP contribution in [0.4, 0.5) is 0 Å². The van der Waals surface area contributed by atoms with Crippen LogP contribution in [0.15, 0.2) is 0 Å². The molecule has 1 aliphatic rings. The first-order valence-corrected chi connectivity index (χ1v) is 7.60. The van der Waals surface area contributed by atoms with Crippen molar-refractivity contribution in [2.45, 2.75) is 71.9 Å². The van der Waals surface area contributed by atoms with E-state index < -0.39 is 0 Å². The van der Waals surface area contributed by atoms with Gasteiger partial charge in [0.15, 0.2) is 0 Å². The van der Waals surface area contributed by atoms with Gasteiger partial charge in [-0.1, -0.05) is 20.8 Å². The Morgan fingerprint density at radius 3 is 2.29 bits per heavy atom. The number of rotatable bonds is 7. The summed E-state index contributed by atoms with van der Waals surface area (Å²) in [4.78, 5) is 2.61. The average Bonchev–Trinajstić information content (AvgIpc) is 2.29. The van der Waals surface area contributed by atoms with E-state index in [1.807, 2.05) is 0 Å². The van der Waals surface area contributed by atoms with Gasteiger partial charge in [0.05, 0.1) is 0 Å².